The van der Waals surface area contributed by atoms with E-state index in [0.717, 1.165) is 55.4 Å². The number of hydrogen-bond donors (Lipinski definition) is 1. The Bertz CT molecular complexity index is 997. The molecular weight excluding hydrogens is 393 g/mol. The number of rotatable bonds is 5. The zero-order valence-electron chi connectivity index (χ0n) is 18.4. The van der Waals surface area contributed by atoms with Crippen LogP contribution in [-0.4, -0.2) is 47.4 Å². The average Bonchev–Trinajstić information content (AvgIpc) is 3.25. The molecule has 0 spiro atoms. The molecule has 2 aromatic rings. The third kappa shape index (κ3) is 3.81. The molecule has 0 bridgehead atoms. The van der Waals surface area contributed by atoms with Gasteiger partial charge in [0.1, 0.15) is 11.5 Å². The van der Waals surface area contributed by atoms with Gasteiger partial charge in [-0.1, -0.05) is 13.8 Å². The summed E-state index contributed by atoms with van der Waals surface area (Å²) in [7, 11) is -0.123. The van der Waals surface area contributed by atoms with Gasteiger partial charge < -0.3 is 19.1 Å². The summed E-state index contributed by atoms with van der Waals surface area (Å²) in [6, 6.07) is 3.86. The summed E-state index contributed by atoms with van der Waals surface area (Å²) in [4.78, 5) is 19.8. The quantitative estimate of drug-likeness (QED) is 0.741. The molecular formula is C23H30BN3O4. The van der Waals surface area contributed by atoms with Gasteiger partial charge >= 0.3 is 7.48 Å². The number of carbonyl (C=O) groups excluding carboxylic acids is 1. The van der Waals surface area contributed by atoms with Crippen LogP contribution in [0.25, 0.3) is 0 Å². The minimum absolute atomic E-state index is 0.0313. The smallest absolute Gasteiger partial charge is 0.305 e. The van der Waals surface area contributed by atoms with E-state index in [1.54, 1.807) is 17.2 Å². The first kappa shape index (κ1) is 20.7. The van der Waals surface area contributed by atoms with Crippen LogP contribution in [0.3, 0.4) is 0 Å². The summed E-state index contributed by atoms with van der Waals surface area (Å²) >= 11 is 0. The summed E-state index contributed by atoms with van der Waals surface area (Å²) in [6.45, 7) is 6.85. The second-order valence-corrected chi connectivity index (χ2v) is 9.67. The van der Waals surface area contributed by atoms with Crippen molar-refractivity contribution in [2.24, 2.45) is 5.41 Å². The largest absolute Gasteiger partial charge is 0.449 e. The molecule has 8 heteroatoms. The first-order valence-corrected chi connectivity index (χ1v) is 11.3. The topological polar surface area (TPSA) is 76.8 Å². The van der Waals surface area contributed by atoms with Crippen LogP contribution in [0.1, 0.15) is 60.4 Å². The van der Waals surface area contributed by atoms with Crippen LogP contribution in [0, 0.1) is 5.41 Å². The van der Waals surface area contributed by atoms with E-state index in [4.69, 9.17) is 9.47 Å². The number of carbonyl (C=O) groups is 1. The maximum atomic E-state index is 13.5. The molecule has 1 aliphatic carbocycles. The highest BCUT2D eigenvalue weighted by Gasteiger charge is 2.37. The number of hydrogen-bond acceptors (Lipinski definition) is 5. The lowest BCUT2D eigenvalue weighted by Crippen LogP contribution is -2.42. The maximum absolute atomic E-state index is 13.5. The molecule has 1 unspecified atom stereocenters. The fourth-order valence-electron chi connectivity index (χ4n) is 5.19. The molecule has 1 saturated heterocycles. The molecule has 7 nitrogen and oxygen atoms in total. The molecule has 0 saturated carbocycles. The Morgan fingerprint density at radius 2 is 2.19 bits per heavy atom. The van der Waals surface area contributed by atoms with Gasteiger partial charge in [-0.05, 0) is 60.7 Å². The van der Waals surface area contributed by atoms with Crippen LogP contribution in [-0.2, 0) is 35.5 Å². The highest BCUT2D eigenvalue weighted by atomic mass is 16.7. The van der Waals surface area contributed by atoms with Crippen LogP contribution in [0.5, 0.6) is 0 Å². The standard InChI is InChI=1S/C23H30BN3O4/c1-23(2)12-15-11-18-22(28)27(9-8-26(18)19(15)13-23)21-16(17(24-29)6-7-25-21)14-31-20-5-3-4-10-30-20/h6-7,11,20,24,29H,3-5,8-10,12-14H2,1-2H3. The van der Waals surface area contributed by atoms with E-state index >= 15 is 0 Å². The number of anilines is 1. The number of ether oxygens (including phenoxy) is 2. The monoisotopic (exact) mass is 423 g/mol. The van der Waals surface area contributed by atoms with Crippen LogP contribution in [0.15, 0.2) is 18.3 Å². The van der Waals surface area contributed by atoms with E-state index < -0.39 is 0 Å². The molecule has 2 aromatic heterocycles. The average molecular weight is 423 g/mol. The zero-order valence-corrected chi connectivity index (χ0v) is 18.4. The van der Waals surface area contributed by atoms with Gasteiger partial charge in [-0.3, -0.25) is 9.69 Å². The minimum atomic E-state index is -0.242. The van der Waals surface area contributed by atoms with Crippen LogP contribution in [0.2, 0.25) is 0 Å². The molecule has 1 N–H and O–H groups in total. The predicted molar refractivity (Wildman–Crippen MR) is 119 cm³/mol. The molecule has 5 rings (SSSR count). The fraction of sp³-hybridized carbons (Fsp3) is 0.565. The normalized spacial score (nSPS) is 22.4. The van der Waals surface area contributed by atoms with Gasteiger partial charge in [-0.25, -0.2) is 4.98 Å². The van der Waals surface area contributed by atoms with Gasteiger partial charge in [0.25, 0.3) is 5.91 Å². The molecule has 3 aliphatic rings. The molecule has 1 atom stereocenters. The summed E-state index contributed by atoms with van der Waals surface area (Å²) in [6.07, 6.45) is 6.44. The first-order chi connectivity index (χ1) is 15.0. The molecule has 164 valence electrons. The van der Waals surface area contributed by atoms with Crippen molar-refractivity contribution in [1.82, 2.24) is 9.55 Å². The summed E-state index contributed by atoms with van der Waals surface area (Å²) < 4.78 is 13.9. The summed E-state index contributed by atoms with van der Waals surface area (Å²) in [5.74, 6) is 0.552. The van der Waals surface area contributed by atoms with Crippen molar-refractivity contribution in [3.63, 3.8) is 0 Å². The first-order valence-electron chi connectivity index (χ1n) is 11.3. The van der Waals surface area contributed by atoms with Crippen molar-refractivity contribution in [1.29, 1.82) is 0 Å². The van der Waals surface area contributed by atoms with Crippen molar-refractivity contribution < 1.29 is 19.3 Å². The highest BCUT2D eigenvalue weighted by Crippen LogP contribution is 2.39. The van der Waals surface area contributed by atoms with Crippen molar-refractivity contribution in [3.05, 3.63) is 40.8 Å². The summed E-state index contributed by atoms with van der Waals surface area (Å²) in [5, 5.41) is 9.91. The third-order valence-electron chi connectivity index (χ3n) is 6.73. The summed E-state index contributed by atoms with van der Waals surface area (Å²) in [5.41, 5.74) is 5.11. The molecule has 1 fully saturated rings. The van der Waals surface area contributed by atoms with Gasteiger partial charge in [0, 0.05) is 37.2 Å². The van der Waals surface area contributed by atoms with Gasteiger partial charge in [-0.15, -0.1) is 0 Å². The molecule has 0 aromatic carbocycles. The van der Waals surface area contributed by atoms with E-state index in [9.17, 15) is 9.82 Å². The minimum Gasteiger partial charge on any atom is -0.449 e. The van der Waals surface area contributed by atoms with Crippen molar-refractivity contribution >= 4 is 24.7 Å². The van der Waals surface area contributed by atoms with Crippen molar-refractivity contribution in [2.75, 3.05) is 18.1 Å². The van der Waals surface area contributed by atoms with E-state index in [2.05, 4.69) is 29.5 Å². The third-order valence-corrected chi connectivity index (χ3v) is 6.73. The number of fused-ring (bicyclic) bond motifs is 3. The Labute approximate surface area is 183 Å². The second-order valence-electron chi connectivity index (χ2n) is 9.67. The van der Waals surface area contributed by atoms with Gasteiger partial charge in [0.05, 0.1) is 6.61 Å². The number of nitrogens with zero attached hydrogens (tertiary/aromatic N) is 3. The Morgan fingerprint density at radius 3 is 2.97 bits per heavy atom. The van der Waals surface area contributed by atoms with Crippen molar-refractivity contribution in [3.8, 4) is 0 Å². The molecule has 1 amide bonds. The zero-order chi connectivity index (χ0) is 21.6. The Balaban J connectivity index is 1.42. The number of aromatic nitrogens is 2. The highest BCUT2D eigenvalue weighted by molar-refractivity contribution is 6.46. The fourth-order valence-corrected chi connectivity index (χ4v) is 5.19. The van der Waals surface area contributed by atoms with E-state index in [-0.39, 0.29) is 31.7 Å². The predicted octanol–water partition coefficient (Wildman–Crippen LogP) is 1.68. The lowest BCUT2D eigenvalue weighted by Gasteiger charge is -2.31. The number of amides is 1. The van der Waals surface area contributed by atoms with Gasteiger partial charge in [0.15, 0.2) is 6.29 Å². The van der Waals surface area contributed by atoms with Gasteiger partial charge in [0.2, 0.25) is 0 Å². The SMILES string of the molecule is CC1(C)Cc2cc3n(c2C1)CCN(c1nccc(BO)c1COC1CCCCO1)C3=O. The second kappa shape index (κ2) is 8.08. The lowest BCUT2D eigenvalue weighted by molar-refractivity contribution is -0.168. The van der Waals surface area contributed by atoms with Gasteiger partial charge in [-0.2, -0.15) is 0 Å². The van der Waals surface area contributed by atoms with E-state index in [1.807, 2.05) is 0 Å². The Morgan fingerprint density at radius 1 is 1.32 bits per heavy atom. The Hall–Kier alpha value is -2.16. The molecule has 31 heavy (non-hydrogen) atoms. The molecule has 2 aliphatic heterocycles. The van der Waals surface area contributed by atoms with Crippen LogP contribution >= 0.6 is 0 Å². The van der Waals surface area contributed by atoms with Crippen LogP contribution in [0.4, 0.5) is 5.82 Å². The van der Waals surface area contributed by atoms with Crippen molar-refractivity contribution in [2.45, 2.75) is 65.4 Å². The Kier molecular flexibility index (Phi) is 5.40. The molecule has 0 radical (unpaired) electrons. The lowest BCUT2D eigenvalue weighted by atomic mass is 9.85. The molecule has 4 heterocycles. The van der Waals surface area contributed by atoms with E-state index in [1.165, 1.54) is 11.3 Å². The number of pyridine rings is 1. The van der Waals surface area contributed by atoms with E-state index in [0.29, 0.717) is 19.0 Å². The van der Waals surface area contributed by atoms with Crippen LogP contribution < -0.4 is 10.4 Å². The maximum Gasteiger partial charge on any atom is 0.305 e.